The predicted molar refractivity (Wildman–Crippen MR) is 93.4 cm³/mol. The van der Waals surface area contributed by atoms with Crippen LogP contribution in [0.25, 0.3) is 11.0 Å². The van der Waals surface area contributed by atoms with Gasteiger partial charge in [0.15, 0.2) is 0 Å². The minimum atomic E-state index is 0. The van der Waals surface area contributed by atoms with Gasteiger partial charge in [0.2, 0.25) is 0 Å². The summed E-state index contributed by atoms with van der Waals surface area (Å²) >= 11 is 0. The first-order valence-corrected chi connectivity index (χ1v) is 7.00. The summed E-state index contributed by atoms with van der Waals surface area (Å²) in [5, 5.41) is 4.72. The maximum absolute atomic E-state index is 4.72. The van der Waals surface area contributed by atoms with Crippen molar-refractivity contribution in [2.75, 3.05) is 7.05 Å². The molecule has 0 saturated carbocycles. The Morgan fingerprint density at radius 2 is 1.50 bits per heavy atom. The number of allylic oxidation sites excluding steroid dienone is 2. The third-order valence-electron chi connectivity index (χ3n) is 2.72. The van der Waals surface area contributed by atoms with E-state index in [1.54, 1.807) is 0 Å². The van der Waals surface area contributed by atoms with Crippen molar-refractivity contribution in [1.82, 2.24) is 0 Å². The Kier molecular flexibility index (Phi) is 11.1. The van der Waals surface area contributed by atoms with Crippen LogP contribution >= 0.6 is 0 Å². The van der Waals surface area contributed by atoms with Gasteiger partial charge in [-0.15, -0.1) is 11.4 Å². The first kappa shape index (κ1) is 20.4. The molecule has 2 rings (SSSR count). The molecule has 0 heterocycles. The van der Waals surface area contributed by atoms with E-state index in [9.17, 15) is 0 Å². The molecule has 116 valence electrons. The average Bonchev–Trinajstić information content (AvgIpc) is 2.55. The van der Waals surface area contributed by atoms with Crippen LogP contribution in [0.2, 0.25) is 0 Å². The first-order valence-electron chi connectivity index (χ1n) is 7.00. The van der Waals surface area contributed by atoms with Gasteiger partial charge < -0.3 is 11.1 Å². The molecular formula is C19H23N2W-. The van der Waals surface area contributed by atoms with Gasteiger partial charge in [-0.2, -0.15) is 0 Å². The van der Waals surface area contributed by atoms with Gasteiger partial charge in [-0.3, -0.25) is 0 Å². The van der Waals surface area contributed by atoms with E-state index in [4.69, 9.17) is 5.32 Å². The van der Waals surface area contributed by atoms with Gasteiger partial charge in [0.1, 0.15) is 0 Å². The van der Waals surface area contributed by atoms with Crippen LogP contribution in [-0.4, -0.2) is 7.05 Å². The molecule has 0 radical (unpaired) electrons. The van der Waals surface area contributed by atoms with Crippen molar-refractivity contribution in [1.29, 1.82) is 0 Å². The number of hydrogen-bond donors (Lipinski definition) is 1. The molecule has 2 N–H and O–H groups in total. The van der Waals surface area contributed by atoms with Gasteiger partial charge in [0.25, 0.3) is 0 Å². The molecule has 0 unspecified atom stereocenters. The van der Waals surface area contributed by atoms with E-state index in [2.05, 4.69) is 30.5 Å². The zero-order valence-corrected chi connectivity index (χ0v) is 16.1. The second-order valence-electron chi connectivity index (χ2n) is 4.56. The van der Waals surface area contributed by atoms with E-state index >= 15 is 0 Å². The van der Waals surface area contributed by atoms with E-state index in [0.29, 0.717) is 0 Å². The molecular weight excluding hydrogens is 440 g/mol. The molecule has 0 saturated heterocycles. The van der Waals surface area contributed by atoms with E-state index in [1.165, 1.54) is 7.05 Å². The number of benzene rings is 2. The fourth-order valence-corrected chi connectivity index (χ4v) is 1.75. The maximum atomic E-state index is 4.72. The third-order valence-corrected chi connectivity index (χ3v) is 2.72. The summed E-state index contributed by atoms with van der Waals surface area (Å²) < 4.78 is 0. The molecule has 22 heavy (non-hydrogen) atoms. The zero-order valence-electron chi connectivity index (χ0n) is 13.2. The fourth-order valence-electron chi connectivity index (χ4n) is 1.75. The van der Waals surface area contributed by atoms with Crippen LogP contribution in [0.3, 0.4) is 0 Å². The summed E-state index contributed by atoms with van der Waals surface area (Å²) in [6.45, 7) is 5.97. The zero-order chi connectivity index (χ0) is 15.5. The summed E-state index contributed by atoms with van der Waals surface area (Å²) in [6, 6.07) is 20.3. The van der Waals surface area contributed by atoms with E-state index in [1.807, 2.05) is 55.5 Å². The average molecular weight is 463 g/mol. The molecule has 0 fully saturated rings. The Labute approximate surface area is 148 Å². The van der Waals surface area contributed by atoms with Crippen LogP contribution in [0.15, 0.2) is 78.9 Å². The van der Waals surface area contributed by atoms with Crippen molar-refractivity contribution in [3.63, 3.8) is 0 Å². The van der Waals surface area contributed by atoms with Crippen molar-refractivity contribution in [2.45, 2.75) is 13.3 Å². The molecule has 0 aromatic heterocycles. The summed E-state index contributed by atoms with van der Waals surface area (Å²) in [5.41, 5.74) is 8.73. The third kappa shape index (κ3) is 7.40. The summed E-state index contributed by atoms with van der Waals surface area (Å²) in [5.74, 6) is 0. The van der Waals surface area contributed by atoms with Crippen molar-refractivity contribution >= 4 is 11.4 Å². The largest absolute Gasteiger partial charge is 0.658 e. The van der Waals surface area contributed by atoms with Crippen LogP contribution in [0.5, 0.6) is 0 Å². The quantitative estimate of drug-likeness (QED) is 0.604. The van der Waals surface area contributed by atoms with E-state index in [-0.39, 0.29) is 21.1 Å². The van der Waals surface area contributed by atoms with Crippen molar-refractivity contribution in [3.8, 4) is 0 Å². The minimum absolute atomic E-state index is 0. The molecule has 2 aromatic carbocycles. The molecule has 0 aliphatic heterocycles. The predicted octanol–water partition coefficient (Wildman–Crippen LogP) is 5.27. The Bertz CT molecular complexity index is 563. The van der Waals surface area contributed by atoms with Gasteiger partial charge in [-0.25, -0.2) is 0 Å². The first-order chi connectivity index (χ1) is 10.3. The van der Waals surface area contributed by atoms with Crippen LogP contribution in [0.1, 0.15) is 18.9 Å². The van der Waals surface area contributed by atoms with E-state index < -0.39 is 0 Å². The Morgan fingerprint density at radius 1 is 1.00 bits per heavy atom. The monoisotopic (exact) mass is 463 g/mol. The molecule has 0 atom stereocenters. The molecule has 0 spiro atoms. The molecule has 0 bridgehead atoms. The number of nitrogens with two attached hydrogens (primary N) is 1. The van der Waals surface area contributed by atoms with Crippen molar-refractivity contribution in [3.05, 3.63) is 89.8 Å². The van der Waals surface area contributed by atoms with Crippen LogP contribution in [0, 0.1) is 0 Å². The van der Waals surface area contributed by atoms with Crippen molar-refractivity contribution in [2.24, 2.45) is 5.73 Å². The van der Waals surface area contributed by atoms with E-state index in [0.717, 1.165) is 28.9 Å². The van der Waals surface area contributed by atoms with Crippen LogP contribution < -0.4 is 5.73 Å². The Hall–Kier alpha value is -1.63. The minimum Gasteiger partial charge on any atom is -0.658 e. The van der Waals surface area contributed by atoms with Gasteiger partial charge in [-0.05, 0) is 26.0 Å². The fraction of sp³-hybridized carbons (Fsp3) is 0.158. The second kappa shape index (κ2) is 12.0. The second-order valence-corrected chi connectivity index (χ2v) is 4.56. The summed E-state index contributed by atoms with van der Waals surface area (Å²) in [7, 11) is 1.50. The number of hydrogen-bond acceptors (Lipinski definition) is 1. The smallest absolute Gasteiger partial charge is 0 e. The molecule has 3 heteroatoms. The number of para-hydroxylation sites is 1. The number of rotatable bonds is 5. The van der Waals surface area contributed by atoms with Crippen LogP contribution in [-0.2, 0) is 21.1 Å². The van der Waals surface area contributed by atoms with Gasteiger partial charge in [-0.1, -0.05) is 78.9 Å². The standard InChI is InChI=1S/C18H18N.CH5N.W/c1-15(2)13-14-18(16-9-5-3-6-10-16)19-17-11-7-4-8-12-17;1-2;/h3-12,14H,1,13H2,2H3;2H2,1H3;/q-1;;/b18-14-;;. The molecule has 2 nitrogen and oxygen atoms in total. The number of nitrogens with zero attached hydrogens (tertiary/aromatic N) is 1. The maximum Gasteiger partial charge on any atom is 0 e. The summed E-state index contributed by atoms with van der Waals surface area (Å²) in [6.07, 6.45) is 2.98. The SMILES string of the molecule is C=C(C)C/C=C(\[N-]c1ccccc1)c1ccccc1.CN.[W]. The Balaban J connectivity index is 0.00000141. The van der Waals surface area contributed by atoms with Gasteiger partial charge in [0, 0.05) is 21.1 Å². The topological polar surface area (TPSA) is 40.1 Å². The van der Waals surface area contributed by atoms with Crippen molar-refractivity contribution < 1.29 is 21.1 Å². The summed E-state index contributed by atoms with van der Waals surface area (Å²) in [4.78, 5) is 0. The Morgan fingerprint density at radius 3 is 2.00 bits per heavy atom. The van der Waals surface area contributed by atoms with Gasteiger partial charge in [0.05, 0.1) is 0 Å². The molecule has 0 aliphatic rings. The molecule has 0 amide bonds. The normalized spacial score (nSPS) is 9.86. The van der Waals surface area contributed by atoms with Gasteiger partial charge >= 0.3 is 0 Å². The van der Waals surface area contributed by atoms with Crippen LogP contribution in [0.4, 0.5) is 5.69 Å². The molecule has 0 aliphatic carbocycles. The molecule has 2 aromatic rings.